The molecular formula is C30H28F6N4. The molecule has 1 fully saturated rings. The Morgan fingerprint density at radius 2 is 1.73 bits per heavy atom. The third-order valence-corrected chi connectivity index (χ3v) is 7.06. The van der Waals surface area contributed by atoms with Gasteiger partial charge in [-0.05, 0) is 31.0 Å². The minimum atomic E-state index is -4.68. The number of alkyl halides is 3. The number of likely N-dealkylation sites (tertiary alicyclic amines) is 1. The first-order valence-electron chi connectivity index (χ1n) is 13.1. The monoisotopic (exact) mass is 558 g/mol. The Hall–Kier alpha value is -3.79. The average molecular weight is 559 g/mol. The molecule has 0 amide bonds. The molecule has 0 radical (unpaired) electrons. The Morgan fingerprint density at radius 1 is 1.00 bits per heavy atom. The molecule has 0 spiro atoms. The van der Waals surface area contributed by atoms with Crippen molar-refractivity contribution in [2.24, 2.45) is 0 Å². The van der Waals surface area contributed by atoms with E-state index in [0.29, 0.717) is 17.7 Å². The number of rotatable bonds is 8. The smallest absolute Gasteiger partial charge is 0.381 e. The summed E-state index contributed by atoms with van der Waals surface area (Å²) in [6.45, 7) is 4.34. The van der Waals surface area contributed by atoms with E-state index in [2.05, 4.69) is 34.4 Å². The van der Waals surface area contributed by atoms with E-state index in [1.807, 2.05) is 12.1 Å². The normalized spacial score (nSPS) is 16.4. The second-order valence-corrected chi connectivity index (χ2v) is 9.90. The van der Waals surface area contributed by atoms with Gasteiger partial charge >= 0.3 is 6.18 Å². The van der Waals surface area contributed by atoms with E-state index in [0.717, 1.165) is 48.9 Å². The molecule has 1 saturated heterocycles. The number of aromatic nitrogens is 2. The van der Waals surface area contributed by atoms with Crippen LogP contribution in [0.4, 0.5) is 32.0 Å². The van der Waals surface area contributed by atoms with Crippen LogP contribution >= 0.6 is 0 Å². The lowest BCUT2D eigenvalue weighted by molar-refractivity contribution is -0.136. The van der Waals surface area contributed by atoms with Crippen LogP contribution in [0.1, 0.15) is 30.9 Å². The molecule has 1 aromatic heterocycles. The zero-order chi connectivity index (χ0) is 28.4. The number of fused-ring (bicyclic) bond motifs is 1. The van der Waals surface area contributed by atoms with Crippen LogP contribution in [0.3, 0.4) is 0 Å². The van der Waals surface area contributed by atoms with Gasteiger partial charge in [0.05, 0.1) is 17.8 Å². The molecule has 1 aliphatic heterocycles. The molecule has 0 bridgehead atoms. The number of anilines is 1. The maximum atomic E-state index is 14.5. The highest BCUT2D eigenvalue weighted by Crippen LogP contribution is 2.38. The van der Waals surface area contributed by atoms with Gasteiger partial charge in [0.25, 0.3) is 0 Å². The molecule has 4 nitrogen and oxygen atoms in total. The summed E-state index contributed by atoms with van der Waals surface area (Å²) in [7, 11) is 0. The van der Waals surface area contributed by atoms with Crippen LogP contribution in [0.25, 0.3) is 22.2 Å². The van der Waals surface area contributed by atoms with Gasteiger partial charge in [-0.1, -0.05) is 43.3 Å². The number of nitrogens with one attached hydrogen (secondary N) is 1. The van der Waals surface area contributed by atoms with Gasteiger partial charge in [0, 0.05) is 60.0 Å². The van der Waals surface area contributed by atoms with Crippen molar-refractivity contribution in [1.82, 2.24) is 14.7 Å². The van der Waals surface area contributed by atoms with Gasteiger partial charge in [-0.15, -0.1) is 0 Å². The van der Waals surface area contributed by atoms with Gasteiger partial charge in [-0.25, -0.2) is 13.2 Å². The first kappa shape index (κ1) is 27.8. The van der Waals surface area contributed by atoms with E-state index in [9.17, 15) is 26.3 Å². The molecular weight excluding hydrogens is 530 g/mol. The van der Waals surface area contributed by atoms with Crippen LogP contribution in [-0.4, -0.2) is 40.4 Å². The molecule has 0 aliphatic carbocycles. The van der Waals surface area contributed by atoms with Crippen molar-refractivity contribution >= 4 is 16.6 Å². The summed E-state index contributed by atoms with van der Waals surface area (Å²) >= 11 is 0. The molecule has 4 aromatic rings. The molecule has 1 N–H and O–H groups in total. The van der Waals surface area contributed by atoms with E-state index >= 15 is 0 Å². The minimum absolute atomic E-state index is 0.185. The van der Waals surface area contributed by atoms with E-state index in [1.54, 1.807) is 12.1 Å². The van der Waals surface area contributed by atoms with Gasteiger partial charge in [0.2, 0.25) is 0 Å². The molecule has 2 heterocycles. The lowest BCUT2D eigenvalue weighted by atomic mass is 10.0. The second-order valence-electron chi connectivity index (χ2n) is 9.90. The zero-order valence-electron chi connectivity index (χ0n) is 21.8. The number of benzene rings is 3. The first-order chi connectivity index (χ1) is 19.1. The number of hydrogen-bond acceptors (Lipinski definition) is 3. The number of halogens is 6. The van der Waals surface area contributed by atoms with Gasteiger partial charge in [0.15, 0.2) is 0 Å². The molecule has 0 unspecified atom stereocenters. The SMILES string of the molecule is CCC=CCN1CC[C@@H](Nc2ccc(-c3c4cccc(C(F)(F)F)c4nn3Cc3c(F)cc(F)cc3F)cc2)C1. The summed E-state index contributed by atoms with van der Waals surface area (Å²) in [5.41, 5.74) is -0.150. The van der Waals surface area contributed by atoms with E-state index in [-0.39, 0.29) is 22.6 Å². The highest BCUT2D eigenvalue weighted by atomic mass is 19.4. The van der Waals surface area contributed by atoms with Crippen LogP contribution in [0, 0.1) is 17.5 Å². The third-order valence-electron chi connectivity index (χ3n) is 7.06. The van der Waals surface area contributed by atoms with Crippen LogP contribution in [-0.2, 0) is 12.7 Å². The average Bonchev–Trinajstić information content (AvgIpc) is 3.50. The van der Waals surface area contributed by atoms with E-state index in [1.165, 1.54) is 12.1 Å². The highest BCUT2D eigenvalue weighted by molar-refractivity contribution is 5.95. The van der Waals surface area contributed by atoms with Crippen LogP contribution in [0.2, 0.25) is 0 Å². The fraction of sp³-hybridized carbons (Fsp3) is 0.300. The van der Waals surface area contributed by atoms with Crippen molar-refractivity contribution in [2.45, 2.75) is 38.5 Å². The summed E-state index contributed by atoms with van der Waals surface area (Å²) in [5, 5.41) is 7.83. The fourth-order valence-corrected chi connectivity index (χ4v) is 5.14. The Morgan fingerprint density at radius 3 is 2.40 bits per heavy atom. The quantitative estimate of drug-likeness (QED) is 0.178. The maximum absolute atomic E-state index is 14.5. The Labute approximate surface area is 227 Å². The van der Waals surface area contributed by atoms with Gasteiger partial charge in [-0.2, -0.15) is 18.3 Å². The molecule has 1 aliphatic rings. The first-order valence-corrected chi connectivity index (χ1v) is 13.1. The highest BCUT2D eigenvalue weighted by Gasteiger charge is 2.34. The summed E-state index contributed by atoms with van der Waals surface area (Å²) in [6.07, 6.45) is 1.61. The maximum Gasteiger partial charge on any atom is 0.418 e. The van der Waals surface area contributed by atoms with Crippen LogP contribution in [0.5, 0.6) is 0 Å². The molecule has 0 saturated carbocycles. The van der Waals surface area contributed by atoms with Gasteiger partial charge < -0.3 is 5.32 Å². The molecule has 40 heavy (non-hydrogen) atoms. The number of allylic oxidation sites excluding steroid dienone is 1. The van der Waals surface area contributed by atoms with Crippen molar-refractivity contribution < 1.29 is 26.3 Å². The van der Waals surface area contributed by atoms with Crippen LogP contribution in [0.15, 0.2) is 66.7 Å². The predicted molar refractivity (Wildman–Crippen MR) is 143 cm³/mol. The Bertz CT molecular complexity index is 1500. The third kappa shape index (κ3) is 5.86. The van der Waals surface area contributed by atoms with Crippen molar-refractivity contribution in [3.8, 4) is 11.3 Å². The zero-order valence-corrected chi connectivity index (χ0v) is 21.8. The fourth-order valence-electron chi connectivity index (χ4n) is 5.14. The summed E-state index contributed by atoms with van der Waals surface area (Å²) in [6, 6.07) is 12.1. The second kappa shape index (κ2) is 11.4. The molecule has 10 heteroatoms. The molecule has 1 atom stereocenters. The number of nitrogens with zero attached hydrogens (tertiary/aromatic N) is 3. The van der Waals surface area contributed by atoms with Gasteiger partial charge in [0.1, 0.15) is 23.0 Å². The molecule has 3 aromatic carbocycles. The minimum Gasteiger partial charge on any atom is -0.381 e. The van der Waals surface area contributed by atoms with Crippen molar-refractivity contribution in [1.29, 1.82) is 0 Å². The number of hydrogen-bond donors (Lipinski definition) is 1. The largest absolute Gasteiger partial charge is 0.418 e. The standard InChI is InChI=1S/C30H28F6N4/c1-2-3-4-13-39-14-12-22(17-39)37-21-10-8-19(9-11-21)29-23-6-5-7-25(30(34,35)36)28(23)38-40(29)18-24-26(32)15-20(31)16-27(24)33/h3-11,15-16,22,37H,2,12-14,17-18H2,1H3/t22-/m1/s1. The predicted octanol–water partition coefficient (Wildman–Crippen LogP) is 7.64. The topological polar surface area (TPSA) is 33.1 Å². The van der Waals surface area contributed by atoms with Crippen molar-refractivity contribution in [2.75, 3.05) is 25.0 Å². The summed E-state index contributed by atoms with van der Waals surface area (Å²) < 4.78 is 85.0. The molecule has 210 valence electrons. The lowest BCUT2D eigenvalue weighted by Gasteiger charge is -2.16. The van der Waals surface area contributed by atoms with E-state index < -0.39 is 41.3 Å². The lowest BCUT2D eigenvalue weighted by Crippen LogP contribution is -2.26. The molecule has 5 rings (SSSR count). The Balaban J connectivity index is 1.48. The van der Waals surface area contributed by atoms with Gasteiger partial charge in [-0.3, -0.25) is 9.58 Å². The Kier molecular flexibility index (Phi) is 7.89. The van der Waals surface area contributed by atoms with Crippen LogP contribution < -0.4 is 5.32 Å². The van der Waals surface area contributed by atoms with Crippen molar-refractivity contribution in [3.63, 3.8) is 0 Å². The van der Waals surface area contributed by atoms with E-state index in [4.69, 9.17) is 0 Å². The summed E-state index contributed by atoms with van der Waals surface area (Å²) in [4.78, 5) is 2.36. The van der Waals surface area contributed by atoms with Crippen molar-refractivity contribution in [3.05, 3.63) is 95.3 Å². The summed E-state index contributed by atoms with van der Waals surface area (Å²) in [5.74, 6) is -3.38.